The number of amides is 1. The number of rotatable bonds is 3. The minimum absolute atomic E-state index is 0.153. The molecule has 1 aromatic rings. The van der Waals surface area contributed by atoms with Crippen molar-refractivity contribution in [1.82, 2.24) is 15.1 Å². The van der Waals surface area contributed by atoms with Crippen LogP contribution in [0.15, 0.2) is 17.3 Å². The Morgan fingerprint density at radius 2 is 2.50 bits per heavy atom. The van der Waals surface area contributed by atoms with Crippen molar-refractivity contribution in [2.45, 2.75) is 6.54 Å². The molecule has 2 heterocycles. The van der Waals surface area contributed by atoms with Crippen LogP contribution in [0.25, 0.3) is 6.08 Å². The van der Waals surface area contributed by atoms with Crippen LogP contribution in [0.5, 0.6) is 0 Å². The number of thioether (sulfide) groups is 1. The van der Waals surface area contributed by atoms with Gasteiger partial charge in [-0.15, -0.1) is 11.6 Å². The highest BCUT2D eigenvalue weighted by Gasteiger charge is 2.21. The highest BCUT2D eigenvalue weighted by atomic mass is 35.5. The van der Waals surface area contributed by atoms with Crippen LogP contribution in [0.4, 0.5) is 0 Å². The number of halogens is 1. The molecule has 0 bridgehead atoms. The Bertz CT molecular complexity index is 469. The second-order valence-corrected chi connectivity index (χ2v) is 5.17. The Morgan fingerprint density at radius 3 is 3.12 bits per heavy atom. The Labute approximate surface area is 107 Å². The molecule has 1 fully saturated rings. The number of nitrogens with zero attached hydrogens (tertiary/aromatic N) is 2. The number of hydrogen-bond donors (Lipinski definition) is 1. The van der Waals surface area contributed by atoms with Gasteiger partial charge in [-0.1, -0.05) is 24.0 Å². The van der Waals surface area contributed by atoms with Crippen LogP contribution in [0, 0.1) is 0 Å². The van der Waals surface area contributed by atoms with Gasteiger partial charge in [0.1, 0.15) is 4.32 Å². The predicted molar refractivity (Wildman–Crippen MR) is 69.3 cm³/mol. The molecule has 0 aromatic carbocycles. The number of aryl methyl sites for hydroxylation is 1. The standard InChI is InChI=1S/C9H8ClN3OS2/c10-1-2-13-5-6(4-11-13)3-7-8(14)12-9(15)16-7/h3-5H,1-2H2,(H,12,14,15)/b7-3-. The maximum absolute atomic E-state index is 11.4. The lowest BCUT2D eigenvalue weighted by Crippen LogP contribution is -2.17. The molecule has 1 aliphatic heterocycles. The molecule has 2 rings (SSSR count). The molecule has 0 radical (unpaired) electrons. The summed E-state index contributed by atoms with van der Waals surface area (Å²) in [6, 6.07) is 0. The molecular weight excluding hydrogens is 266 g/mol. The Hall–Kier alpha value is -0.850. The van der Waals surface area contributed by atoms with E-state index in [-0.39, 0.29) is 5.91 Å². The van der Waals surface area contributed by atoms with Crippen molar-refractivity contribution in [1.29, 1.82) is 0 Å². The lowest BCUT2D eigenvalue weighted by molar-refractivity contribution is -0.115. The van der Waals surface area contributed by atoms with E-state index in [1.54, 1.807) is 17.0 Å². The molecule has 4 nitrogen and oxygen atoms in total. The summed E-state index contributed by atoms with van der Waals surface area (Å²) >= 11 is 11.7. The molecule has 0 saturated carbocycles. The molecule has 1 aromatic heterocycles. The maximum atomic E-state index is 11.4. The van der Waals surface area contributed by atoms with Crippen molar-refractivity contribution >= 4 is 51.9 Å². The molecule has 1 saturated heterocycles. The first-order chi connectivity index (χ1) is 7.69. The van der Waals surface area contributed by atoms with Gasteiger partial charge in [-0.2, -0.15) is 5.10 Å². The molecule has 84 valence electrons. The average molecular weight is 274 g/mol. The summed E-state index contributed by atoms with van der Waals surface area (Å²) in [4.78, 5) is 12.0. The molecular formula is C9H8ClN3OS2. The molecule has 1 amide bonds. The monoisotopic (exact) mass is 273 g/mol. The number of carbonyl (C=O) groups excluding carboxylic acids is 1. The van der Waals surface area contributed by atoms with E-state index < -0.39 is 0 Å². The number of carbonyl (C=O) groups is 1. The van der Waals surface area contributed by atoms with Crippen molar-refractivity contribution in [2.24, 2.45) is 0 Å². The topological polar surface area (TPSA) is 46.9 Å². The van der Waals surface area contributed by atoms with E-state index in [1.807, 2.05) is 6.20 Å². The third kappa shape index (κ3) is 2.63. The lowest BCUT2D eigenvalue weighted by atomic mass is 10.3. The largest absolute Gasteiger partial charge is 0.307 e. The van der Waals surface area contributed by atoms with E-state index in [9.17, 15) is 4.79 Å². The summed E-state index contributed by atoms with van der Waals surface area (Å²) in [5.74, 6) is 0.358. The zero-order chi connectivity index (χ0) is 11.5. The van der Waals surface area contributed by atoms with Crippen molar-refractivity contribution in [3.05, 3.63) is 22.9 Å². The van der Waals surface area contributed by atoms with Crippen LogP contribution in [-0.2, 0) is 11.3 Å². The maximum Gasteiger partial charge on any atom is 0.263 e. The van der Waals surface area contributed by atoms with Gasteiger partial charge in [-0.3, -0.25) is 9.48 Å². The third-order valence-corrected chi connectivity index (χ3v) is 3.24. The SMILES string of the molecule is O=C1NC(=S)S/C1=C\c1cnn(CCCl)c1. The zero-order valence-electron chi connectivity index (χ0n) is 8.14. The average Bonchev–Trinajstić information content (AvgIpc) is 2.76. The van der Waals surface area contributed by atoms with Crippen LogP contribution in [-0.4, -0.2) is 25.9 Å². The van der Waals surface area contributed by atoms with E-state index in [2.05, 4.69) is 10.4 Å². The van der Waals surface area contributed by atoms with E-state index in [0.29, 0.717) is 21.7 Å². The number of nitrogens with one attached hydrogen (secondary N) is 1. The molecule has 1 aliphatic rings. The molecule has 1 N–H and O–H groups in total. The Balaban J connectivity index is 2.16. The van der Waals surface area contributed by atoms with Crippen molar-refractivity contribution < 1.29 is 4.79 Å². The fourth-order valence-electron chi connectivity index (χ4n) is 1.24. The molecule has 0 unspecified atom stereocenters. The summed E-state index contributed by atoms with van der Waals surface area (Å²) in [5, 5.41) is 6.66. The van der Waals surface area contributed by atoms with Gasteiger partial charge in [0, 0.05) is 17.6 Å². The van der Waals surface area contributed by atoms with Crippen LogP contribution in [0.1, 0.15) is 5.56 Å². The van der Waals surface area contributed by atoms with Crippen LogP contribution in [0.3, 0.4) is 0 Å². The fraction of sp³-hybridized carbons (Fsp3) is 0.222. The van der Waals surface area contributed by atoms with Crippen molar-refractivity contribution in [3.63, 3.8) is 0 Å². The zero-order valence-corrected chi connectivity index (χ0v) is 10.5. The van der Waals surface area contributed by atoms with Crippen molar-refractivity contribution in [2.75, 3.05) is 5.88 Å². The number of thiocarbonyl (C=S) groups is 1. The molecule has 16 heavy (non-hydrogen) atoms. The normalized spacial score (nSPS) is 18.2. The fourth-order valence-corrected chi connectivity index (χ4v) is 2.45. The quantitative estimate of drug-likeness (QED) is 0.516. The first-order valence-corrected chi connectivity index (χ1v) is 6.28. The van der Waals surface area contributed by atoms with Gasteiger partial charge in [0.05, 0.1) is 17.6 Å². The summed E-state index contributed by atoms with van der Waals surface area (Å²) in [6.07, 6.45) is 5.29. The first-order valence-electron chi connectivity index (χ1n) is 4.52. The molecule has 7 heteroatoms. The van der Waals surface area contributed by atoms with Gasteiger partial charge in [0.15, 0.2) is 0 Å². The van der Waals surface area contributed by atoms with E-state index in [0.717, 1.165) is 5.56 Å². The predicted octanol–water partition coefficient (Wildman–Crippen LogP) is 1.61. The van der Waals surface area contributed by atoms with E-state index in [1.165, 1.54) is 11.8 Å². The molecule has 0 aliphatic carbocycles. The highest BCUT2D eigenvalue weighted by Crippen LogP contribution is 2.25. The number of alkyl halides is 1. The summed E-state index contributed by atoms with van der Waals surface area (Å²) in [7, 11) is 0. The van der Waals surface area contributed by atoms with Crippen molar-refractivity contribution in [3.8, 4) is 0 Å². The highest BCUT2D eigenvalue weighted by molar-refractivity contribution is 8.26. The van der Waals surface area contributed by atoms with Crippen LogP contribution in [0.2, 0.25) is 0 Å². The van der Waals surface area contributed by atoms with Gasteiger partial charge in [-0.25, -0.2) is 0 Å². The van der Waals surface area contributed by atoms with Gasteiger partial charge in [-0.05, 0) is 6.08 Å². The molecule has 0 atom stereocenters. The lowest BCUT2D eigenvalue weighted by Gasteiger charge is -1.93. The third-order valence-electron chi connectivity index (χ3n) is 1.91. The van der Waals surface area contributed by atoms with Crippen LogP contribution >= 0.6 is 35.6 Å². The summed E-state index contributed by atoms with van der Waals surface area (Å²) in [5.41, 5.74) is 0.868. The Kier molecular flexibility index (Phi) is 3.63. The van der Waals surface area contributed by atoms with Crippen LogP contribution < -0.4 is 5.32 Å². The number of hydrogen-bond acceptors (Lipinski definition) is 4. The first kappa shape index (κ1) is 11.6. The van der Waals surface area contributed by atoms with Gasteiger partial charge < -0.3 is 5.32 Å². The van der Waals surface area contributed by atoms with Gasteiger partial charge in [0.2, 0.25) is 0 Å². The number of aromatic nitrogens is 2. The van der Waals surface area contributed by atoms with E-state index >= 15 is 0 Å². The summed E-state index contributed by atoms with van der Waals surface area (Å²) in [6.45, 7) is 0.655. The minimum Gasteiger partial charge on any atom is -0.307 e. The van der Waals surface area contributed by atoms with Gasteiger partial charge >= 0.3 is 0 Å². The second-order valence-electron chi connectivity index (χ2n) is 3.08. The molecule has 0 spiro atoms. The summed E-state index contributed by atoms with van der Waals surface area (Å²) < 4.78 is 2.22. The van der Waals surface area contributed by atoms with Gasteiger partial charge in [0.25, 0.3) is 5.91 Å². The van der Waals surface area contributed by atoms with E-state index in [4.69, 9.17) is 23.8 Å². The minimum atomic E-state index is -0.153. The smallest absolute Gasteiger partial charge is 0.263 e. The Morgan fingerprint density at radius 1 is 1.69 bits per heavy atom. The second kappa shape index (κ2) is 4.99.